The summed E-state index contributed by atoms with van der Waals surface area (Å²) in [5.74, 6) is -0.208. The van der Waals surface area contributed by atoms with Gasteiger partial charge in [-0.2, -0.15) is 0 Å². The lowest BCUT2D eigenvalue weighted by molar-refractivity contribution is -0.121. The molecular weight excluding hydrogens is 390 g/mol. The molecule has 2 aromatic rings. The van der Waals surface area contributed by atoms with Gasteiger partial charge in [0.2, 0.25) is 5.91 Å². The Morgan fingerprint density at radius 3 is 2.52 bits per heavy atom. The van der Waals surface area contributed by atoms with Crippen LogP contribution in [-0.2, 0) is 9.53 Å². The zero-order valence-electron chi connectivity index (χ0n) is 16.8. The molecule has 3 rings (SSSR count). The van der Waals surface area contributed by atoms with Crippen LogP contribution in [0, 0.1) is 5.41 Å². The Kier molecular flexibility index (Phi) is 8.89. The molecule has 0 bridgehead atoms. The fourth-order valence-electron chi connectivity index (χ4n) is 3.73. The fraction of sp³-hybridized carbons (Fsp3) is 0.455. The Hall–Kier alpha value is -2.15. The SMILES string of the molecule is COCC1(CNC(=O)CCNC(=O)c2ccc3ccccc3c2)CCNCC1.Cl. The number of amides is 2. The maximum Gasteiger partial charge on any atom is 0.251 e. The van der Waals surface area contributed by atoms with Gasteiger partial charge in [0.15, 0.2) is 0 Å². The summed E-state index contributed by atoms with van der Waals surface area (Å²) in [7, 11) is 1.70. The van der Waals surface area contributed by atoms with Crippen molar-refractivity contribution in [3.8, 4) is 0 Å². The van der Waals surface area contributed by atoms with E-state index in [2.05, 4.69) is 16.0 Å². The summed E-state index contributed by atoms with van der Waals surface area (Å²) in [6.45, 7) is 3.46. The van der Waals surface area contributed by atoms with Crippen molar-refractivity contribution in [2.45, 2.75) is 19.3 Å². The van der Waals surface area contributed by atoms with Gasteiger partial charge in [-0.15, -0.1) is 12.4 Å². The summed E-state index contributed by atoms with van der Waals surface area (Å²) < 4.78 is 5.37. The lowest BCUT2D eigenvalue weighted by Crippen LogP contribution is -2.47. The first-order valence-electron chi connectivity index (χ1n) is 9.85. The molecular formula is C22H30ClN3O3. The summed E-state index contributed by atoms with van der Waals surface area (Å²) in [5, 5.41) is 11.3. The molecule has 158 valence electrons. The monoisotopic (exact) mass is 419 g/mol. The van der Waals surface area contributed by atoms with E-state index < -0.39 is 0 Å². The number of hydrogen-bond acceptors (Lipinski definition) is 4. The van der Waals surface area contributed by atoms with E-state index in [1.54, 1.807) is 7.11 Å². The van der Waals surface area contributed by atoms with Crippen molar-refractivity contribution in [1.29, 1.82) is 0 Å². The van der Waals surface area contributed by atoms with Gasteiger partial charge < -0.3 is 20.7 Å². The molecule has 0 spiro atoms. The molecule has 1 saturated heterocycles. The normalized spacial score (nSPS) is 15.3. The van der Waals surface area contributed by atoms with E-state index in [1.807, 2.05) is 42.5 Å². The largest absolute Gasteiger partial charge is 0.384 e. The Balaban J connectivity index is 0.00000300. The number of rotatable bonds is 8. The maximum atomic E-state index is 12.3. The van der Waals surface area contributed by atoms with E-state index in [1.165, 1.54) is 0 Å². The molecule has 0 aliphatic carbocycles. The molecule has 0 aromatic heterocycles. The molecule has 1 aliphatic rings. The van der Waals surface area contributed by atoms with Gasteiger partial charge in [0, 0.05) is 37.6 Å². The third kappa shape index (κ3) is 6.42. The van der Waals surface area contributed by atoms with Crippen molar-refractivity contribution in [2.75, 3.05) is 39.9 Å². The van der Waals surface area contributed by atoms with Crippen LogP contribution in [0.25, 0.3) is 10.8 Å². The number of fused-ring (bicyclic) bond motifs is 1. The standard InChI is InChI=1S/C22H29N3O3.ClH/c1-28-16-22(9-12-23-13-10-22)15-25-20(26)8-11-24-21(27)19-7-6-17-4-2-3-5-18(17)14-19;/h2-7,14,23H,8-13,15-16H2,1H3,(H,24,27)(H,25,26);1H. The summed E-state index contributed by atoms with van der Waals surface area (Å²) in [5.41, 5.74) is 0.608. The molecule has 3 N–H and O–H groups in total. The van der Waals surface area contributed by atoms with Crippen molar-refractivity contribution in [3.63, 3.8) is 0 Å². The molecule has 1 aliphatic heterocycles. The van der Waals surface area contributed by atoms with Gasteiger partial charge in [-0.1, -0.05) is 30.3 Å². The zero-order chi connectivity index (χ0) is 19.8. The quantitative estimate of drug-likeness (QED) is 0.614. The van der Waals surface area contributed by atoms with Crippen LogP contribution in [0.1, 0.15) is 29.6 Å². The van der Waals surface area contributed by atoms with Crippen LogP contribution in [0.4, 0.5) is 0 Å². The van der Waals surface area contributed by atoms with E-state index in [-0.39, 0.29) is 36.1 Å². The van der Waals surface area contributed by atoms with Crippen LogP contribution in [0.2, 0.25) is 0 Å². The smallest absolute Gasteiger partial charge is 0.251 e. The molecule has 0 atom stereocenters. The Bertz CT molecular complexity index is 816. The van der Waals surface area contributed by atoms with Crippen molar-refractivity contribution < 1.29 is 14.3 Å². The van der Waals surface area contributed by atoms with E-state index in [4.69, 9.17) is 4.74 Å². The molecule has 1 fully saturated rings. The van der Waals surface area contributed by atoms with Gasteiger partial charge in [0.25, 0.3) is 5.91 Å². The number of ether oxygens (including phenoxy) is 1. The Morgan fingerprint density at radius 1 is 1.07 bits per heavy atom. The van der Waals surface area contributed by atoms with Gasteiger partial charge in [0.05, 0.1) is 6.61 Å². The van der Waals surface area contributed by atoms with E-state index in [0.29, 0.717) is 25.3 Å². The lowest BCUT2D eigenvalue weighted by Gasteiger charge is -2.37. The molecule has 0 radical (unpaired) electrons. The highest BCUT2D eigenvalue weighted by Gasteiger charge is 2.32. The second-order valence-electron chi connectivity index (χ2n) is 7.53. The van der Waals surface area contributed by atoms with Gasteiger partial charge in [-0.05, 0) is 48.8 Å². The molecule has 6 nitrogen and oxygen atoms in total. The summed E-state index contributed by atoms with van der Waals surface area (Å²) in [4.78, 5) is 24.6. The summed E-state index contributed by atoms with van der Waals surface area (Å²) >= 11 is 0. The molecule has 1 heterocycles. The number of methoxy groups -OCH3 is 1. The van der Waals surface area contributed by atoms with E-state index >= 15 is 0 Å². The van der Waals surface area contributed by atoms with Crippen LogP contribution in [0.15, 0.2) is 42.5 Å². The summed E-state index contributed by atoms with van der Waals surface area (Å²) in [6, 6.07) is 13.5. The molecule has 2 aromatic carbocycles. The van der Waals surface area contributed by atoms with Crippen molar-refractivity contribution in [1.82, 2.24) is 16.0 Å². The minimum absolute atomic E-state index is 0. The Labute approximate surface area is 178 Å². The third-order valence-electron chi connectivity index (χ3n) is 5.42. The van der Waals surface area contributed by atoms with Gasteiger partial charge >= 0.3 is 0 Å². The van der Waals surface area contributed by atoms with Crippen LogP contribution in [0.3, 0.4) is 0 Å². The number of carbonyl (C=O) groups excluding carboxylic acids is 2. The van der Waals surface area contributed by atoms with E-state index in [9.17, 15) is 9.59 Å². The number of piperidine rings is 1. The molecule has 0 unspecified atom stereocenters. The van der Waals surface area contributed by atoms with Crippen molar-refractivity contribution >= 4 is 35.0 Å². The summed E-state index contributed by atoms with van der Waals surface area (Å²) in [6.07, 6.45) is 2.24. The van der Waals surface area contributed by atoms with Crippen LogP contribution >= 0.6 is 12.4 Å². The molecule has 0 saturated carbocycles. The number of benzene rings is 2. The van der Waals surface area contributed by atoms with E-state index in [0.717, 1.165) is 36.7 Å². The average molecular weight is 420 g/mol. The minimum Gasteiger partial charge on any atom is -0.384 e. The first-order chi connectivity index (χ1) is 13.6. The predicted octanol–water partition coefficient (Wildman–Crippen LogP) is 2.51. The van der Waals surface area contributed by atoms with Gasteiger partial charge in [-0.3, -0.25) is 9.59 Å². The van der Waals surface area contributed by atoms with Crippen LogP contribution < -0.4 is 16.0 Å². The highest BCUT2D eigenvalue weighted by atomic mass is 35.5. The topological polar surface area (TPSA) is 79.5 Å². The molecule has 29 heavy (non-hydrogen) atoms. The van der Waals surface area contributed by atoms with Crippen LogP contribution in [0.5, 0.6) is 0 Å². The molecule has 2 amide bonds. The highest BCUT2D eigenvalue weighted by Crippen LogP contribution is 2.28. The van der Waals surface area contributed by atoms with Gasteiger partial charge in [0.1, 0.15) is 0 Å². The maximum absolute atomic E-state index is 12.3. The first-order valence-corrected chi connectivity index (χ1v) is 9.85. The second-order valence-corrected chi connectivity index (χ2v) is 7.53. The Morgan fingerprint density at radius 2 is 1.79 bits per heavy atom. The highest BCUT2D eigenvalue weighted by molar-refractivity contribution is 5.98. The number of halogens is 1. The van der Waals surface area contributed by atoms with Gasteiger partial charge in [-0.25, -0.2) is 0 Å². The number of hydrogen-bond donors (Lipinski definition) is 3. The molecule has 7 heteroatoms. The zero-order valence-corrected chi connectivity index (χ0v) is 17.6. The number of carbonyl (C=O) groups is 2. The average Bonchev–Trinajstić information content (AvgIpc) is 2.73. The predicted molar refractivity (Wildman–Crippen MR) is 118 cm³/mol. The lowest BCUT2D eigenvalue weighted by atomic mass is 9.79. The van der Waals surface area contributed by atoms with Crippen molar-refractivity contribution in [3.05, 3.63) is 48.0 Å². The second kappa shape index (κ2) is 11.1. The van der Waals surface area contributed by atoms with Crippen LogP contribution in [-0.4, -0.2) is 51.7 Å². The number of nitrogens with one attached hydrogen (secondary N) is 3. The first kappa shape index (κ1) is 23.1. The van der Waals surface area contributed by atoms with Crippen molar-refractivity contribution in [2.24, 2.45) is 5.41 Å². The minimum atomic E-state index is -0.159. The fourth-order valence-corrected chi connectivity index (χ4v) is 3.73. The third-order valence-corrected chi connectivity index (χ3v) is 5.42.